The molecule has 0 aromatic rings. The molecule has 4 heteroatoms. The second-order valence-electron chi connectivity index (χ2n) is 4.26. The van der Waals surface area contributed by atoms with E-state index in [1.54, 1.807) is 11.9 Å². The van der Waals surface area contributed by atoms with Crippen molar-refractivity contribution in [1.29, 1.82) is 0 Å². The third-order valence-electron chi connectivity index (χ3n) is 2.72. The molecule has 0 aliphatic heterocycles. The van der Waals surface area contributed by atoms with Gasteiger partial charge < -0.3 is 0 Å². The van der Waals surface area contributed by atoms with Crippen LogP contribution in [0.15, 0.2) is 0 Å². The first-order chi connectivity index (χ1) is 7.58. The zero-order valence-electron chi connectivity index (χ0n) is 10.8. The highest BCUT2D eigenvalue weighted by molar-refractivity contribution is 5.81. The summed E-state index contributed by atoms with van der Waals surface area (Å²) in [6.07, 6.45) is 3.59. The van der Waals surface area contributed by atoms with E-state index in [9.17, 15) is 9.59 Å². The number of ketones is 1. The van der Waals surface area contributed by atoms with Gasteiger partial charge in [0.1, 0.15) is 5.78 Å². The number of carbonyl (C=O) groups excluding carboxylic acids is 2. The molecular weight excluding hydrogens is 204 g/mol. The lowest BCUT2D eigenvalue weighted by atomic mass is 9.93. The van der Waals surface area contributed by atoms with Gasteiger partial charge in [-0.05, 0) is 25.7 Å². The van der Waals surface area contributed by atoms with Gasteiger partial charge in [0, 0.05) is 6.54 Å². The first kappa shape index (κ1) is 15.1. The Morgan fingerprint density at radius 1 is 1.38 bits per heavy atom. The standard InChI is InChI=1S/C12H24N2O2/c1-5-7-10(3)12(11(4)16)14(8-6-2)13-9-15/h9-10,12H,5-8H2,1-4H3,(H,13,15). The predicted octanol–water partition coefficient (Wildman–Crippen LogP) is 1.75. The van der Waals surface area contributed by atoms with E-state index in [-0.39, 0.29) is 17.7 Å². The van der Waals surface area contributed by atoms with Crippen LogP contribution >= 0.6 is 0 Å². The molecule has 0 bridgehead atoms. The van der Waals surface area contributed by atoms with Crippen molar-refractivity contribution >= 4 is 12.2 Å². The summed E-state index contributed by atoms with van der Waals surface area (Å²) < 4.78 is 0. The van der Waals surface area contributed by atoms with Crippen molar-refractivity contribution in [2.24, 2.45) is 5.92 Å². The van der Waals surface area contributed by atoms with Crippen LogP contribution in [0.4, 0.5) is 0 Å². The quantitative estimate of drug-likeness (QED) is 0.483. The number of hydrogen-bond donors (Lipinski definition) is 1. The first-order valence-corrected chi connectivity index (χ1v) is 6.05. The molecule has 0 saturated heterocycles. The third-order valence-corrected chi connectivity index (χ3v) is 2.72. The predicted molar refractivity (Wildman–Crippen MR) is 64.7 cm³/mol. The van der Waals surface area contributed by atoms with Crippen LogP contribution in [0, 0.1) is 5.92 Å². The second kappa shape index (κ2) is 8.28. The maximum Gasteiger partial charge on any atom is 0.221 e. The SMILES string of the molecule is CCCC(C)C(C(C)=O)N(CCC)NC=O. The van der Waals surface area contributed by atoms with E-state index in [0.717, 1.165) is 19.3 Å². The molecule has 16 heavy (non-hydrogen) atoms. The van der Waals surface area contributed by atoms with Gasteiger partial charge in [0.05, 0.1) is 6.04 Å². The average Bonchev–Trinajstić information content (AvgIpc) is 2.18. The lowest BCUT2D eigenvalue weighted by Gasteiger charge is -2.32. The first-order valence-electron chi connectivity index (χ1n) is 6.05. The van der Waals surface area contributed by atoms with Crippen LogP contribution in [0.1, 0.15) is 47.0 Å². The van der Waals surface area contributed by atoms with Gasteiger partial charge in [0.2, 0.25) is 6.41 Å². The fraction of sp³-hybridized carbons (Fsp3) is 0.833. The summed E-state index contributed by atoms with van der Waals surface area (Å²) in [6.45, 7) is 8.49. The van der Waals surface area contributed by atoms with E-state index >= 15 is 0 Å². The minimum Gasteiger partial charge on any atom is -0.298 e. The molecule has 0 heterocycles. The second-order valence-corrected chi connectivity index (χ2v) is 4.26. The van der Waals surface area contributed by atoms with E-state index in [1.807, 2.05) is 6.92 Å². The summed E-state index contributed by atoms with van der Waals surface area (Å²) in [5, 5.41) is 1.76. The molecule has 0 fully saturated rings. The van der Waals surface area contributed by atoms with Crippen LogP contribution < -0.4 is 5.43 Å². The molecule has 0 aromatic heterocycles. The maximum atomic E-state index is 11.7. The third kappa shape index (κ3) is 4.75. The van der Waals surface area contributed by atoms with Crippen molar-refractivity contribution in [1.82, 2.24) is 10.4 Å². The molecule has 1 N–H and O–H groups in total. The van der Waals surface area contributed by atoms with Gasteiger partial charge in [-0.1, -0.05) is 27.2 Å². The van der Waals surface area contributed by atoms with Crippen LogP contribution in [0.25, 0.3) is 0 Å². The van der Waals surface area contributed by atoms with Crippen LogP contribution in [-0.2, 0) is 9.59 Å². The Morgan fingerprint density at radius 3 is 2.38 bits per heavy atom. The fourth-order valence-corrected chi connectivity index (χ4v) is 2.13. The lowest BCUT2D eigenvalue weighted by Crippen LogP contribution is -2.51. The topological polar surface area (TPSA) is 49.4 Å². The molecule has 1 amide bonds. The lowest BCUT2D eigenvalue weighted by molar-refractivity contribution is -0.128. The van der Waals surface area contributed by atoms with Gasteiger partial charge in [0.15, 0.2) is 0 Å². The zero-order valence-corrected chi connectivity index (χ0v) is 10.8. The van der Waals surface area contributed by atoms with E-state index in [1.165, 1.54) is 0 Å². The van der Waals surface area contributed by atoms with Gasteiger partial charge in [0.25, 0.3) is 0 Å². The molecule has 0 aliphatic carbocycles. The Hall–Kier alpha value is -0.900. The largest absolute Gasteiger partial charge is 0.298 e. The summed E-state index contributed by atoms with van der Waals surface area (Å²) >= 11 is 0. The molecule has 0 aliphatic rings. The highest BCUT2D eigenvalue weighted by Gasteiger charge is 2.27. The summed E-state index contributed by atoms with van der Waals surface area (Å²) in [5.74, 6) is 0.380. The number of nitrogens with zero attached hydrogens (tertiary/aromatic N) is 1. The minimum absolute atomic E-state index is 0.115. The Morgan fingerprint density at radius 2 is 2.00 bits per heavy atom. The number of Topliss-reactive ketones (excluding diaryl/α,β-unsaturated/α-hetero) is 1. The van der Waals surface area contributed by atoms with Crippen LogP contribution in [0.5, 0.6) is 0 Å². The molecule has 0 saturated carbocycles. The number of hydrogen-bond acceptors (Lipinski definition) is 3. The van der Waals surface area contributed by atoms with E-state index in [0.29, 0.717) is 13.0 Å². The molecular formula is C12H24N2O2. The van der Waals surface area contributed by atoms with Gasteiger partial charge in [-0.3, -0.25) is 15.0 Å². The van der Waals surface area contributed by atoms with E-state index in [2.05, 4.69) is 19.3 Å². The minimum atomic E-state index is -0.204. The van der Waals surface area contributed by atoms with Crippen molar-refractivity contribution in [3.63, 3.8) is 0 Å². The molecule has 4 nitrogen and oxygen atoms in total. The smallest absolute Gasteiger partial charge is 0.221 e. The van der Waals surface area contributed by atoms with Gasteiger partial charge >= 0.3 is 0 Å². The van der Waals surface area contributed by atoms with Crippen molar-refractivity contribution in [2.75, 3.05) is 6.54 Å². The van der Waals surface area contributed by atoms with E-state index < -0.39 is 0 Å². The summed E-state index contributed by atoms with van der Waals surface area (Å²) in [5.41, 5.74) is 2.64. The summed E-state index contributed by atoms with van der Waals surface area (Å²) in [6, 6.07) is -0.204. The summed E-state index contributed by atoms with van der Waals surface area (Å²) in [7, 11) is 0. The number of amides is 1. The highest BCUT2D eigenvalue weighted by atomic mass is 16.1. The number of nitrogens with one attached hydrogen (secondary N) is 1. The molecule has 94 valence electrons. The molecule has 2 atom stereocenters. The van der Waals surface area contributed by atoms with Crippen molar-refractivity contribution in [2.45, 2.75) is 53.0 Å². The number of hydrazine groups is 1. The molecule has 0 radical (unpaired) electrons. The average molecular weight is 228 g/mol. The van der Waals surface area contributed by atoms with Crippen LogP contribution in [-0.4, -0.2) is 29.8 Å². The number of carbonyl (C=O) groups is 2. The molecule has 0 spiro atoms. The molecule has 0 rings (SSSR count). The number of rotatable bonds is 9. The fourth-order valence-electron chi connectivity index (χ4n) is 2.13. The summed E-state index contributed by atoms with van der Waals surface area (Å²) in [4.78, 5) is 22.2. The molecule has 2 unspecified atom stereocenters. The van der Waals surface area contributed by atoms with Gasteiger partial charge in [-0.15, -0.1) is 0 Å². The Labute approximate surface area is 98.4 Å². The van der Waals surface area contributed by atoms with Crippen LogP contribution in [0.2, 0.25) is 0 Å². The normalized spacial score (nSPS) is 14.6. The monoisotopic (exact) mass is 228 g/mol. The van der Waals surface area contributed by atoms with Crippen molar-refractivity contribution in [3.05, 3.63) is 0 Å². The van der Waals surface area contributed by atoms with Crippen molar-refractivity contribution < 1.29 is 9.59 Å². The van der Waals surface area contributed by atoms with Crippen molar-refractivity contribution in [3.8, 4) is 0 Å². The van der Waals surface area contributed by atoms with Gasteiger partial charge in [-0.25, -0.2) is 5.01 Å². The van der Waals surface area contributed by atoms with Crippen LogP contribution in [0.3, 0.4) is 0 Å². The Kier molecular flexibility index (Phi) is 7.81. The van der Waals surface area contributed by atoms with E-state index in [4.69, 9.17) is 0 Å². The Bertz CT molecular complexity index is 219. The maximum absolute atomic E-state index is 11.7. The highest BCUT2D eigenvalue weighted by Crippen LogP contribution is 2.16. The van der Waals surface area contributed by atoms with Gasteiger partial charge in [-0.2, -0.15) is 0 Å². The molecule has 0 aromatic carbocycles. The Balaban J connectivity index is 4.67. The zero-order chi connectivity index (χ0) is 12.6.